The Kier molecular flexibility index (Phi) is 5.13. The molecule has 0 bridgehead atoms. The number of carboxylic acid groups (broad SMARTS) is 1. The second-order valence-electron chi connectivity index (χ2n) is 7.35. The lowest BCUT2D eigenvalue weighted by atomic mass is 9.91. The monoisotopic (exact) mass is 486 g/mol. The Labute approximate surface area is 180 Å². The van der Waals surface area contributed by atoms with Crippen molar-refractivity contribution < 1.29 is 24.4 Å². The molecular weight excluding hydrogens is 467 g/mol. The van der Waals surface area contributed by atoms with Crippen LogP contribution in [0, 0.1) is 23.0 Å². The number of nitrogens with two attached hydrogens (primary N) is 1. The normalized spacial score (nSPS) is 21.4. The van der Waals surface area contributed by atoms with Crippen molar-refractivity contribution in [2.75, 3.05) is 12.3 Å². The molecule has 1 fully saturated rings. The minimum Gasteiger partial charge on any atom is -0.465 e. The molecule has 3 N–H and O–H groups in total. The first-order valence-electron chi connectivity index (χ1n) is 9.38. The van der Waals surface area contributed by atoms with Crippen LogP contribution in [0.1, 0.15) is 33.6 Å². The van der Waals surface area contributed by atoms with Crippen LogP contribution in [0.5, 0.6) is 0 Å². The van der Waals surface area contributed by atoms with Crippen LogP contribution in [0.25, 0.3) is 11.3 Å². The average molecular weight is 487 g/mol. The van der Waals surface area contributed by atoms with Gasteiger partial charge >= 0.3 is 6.09 Å². The fourth-order valence-electron chi connectivity index (χ4n) is 3.82. The predicted molar refractivity (Wildman–Crippen MR) is 106 cm³/mol. The second-order valence-corrected chi connectivity index (χ2v) is 8.20. The molecule has 3 rings (SSSR count). The molecular formula is C19H19BrF3N5O2. The number of likely N-dealkylation sites (tertiary alicyclic amines) is 1. The van der Waals surface area contributed by atoms with Gasteiger partial charge in [0.2, 0.25) is 5.66 Å². The van der Waals surface area contributed by atoms with E-state index in [1.807, 2.05) is 0 Å². The molecule has 1 unspecified atom stereocenters. The number of rotatable bonds is 4. The van der Waals surface area contributed by atoms with Gasteiger partial charge in [0, 0.05) is 19.9 Å². The van der Waals surface area contributed by atoms with Crippen molar-refractivity contribution in [2.24, 2.45) is 5.89 Å². The van der Waals surface area contributed by atoms with Gasteiger partial charge in [-0.15, -0.1) is 0 Å². The van der Waals surface area contributed by atoms with Crippen molar-refractivity contribution in [3.8, 4) is 17.3 Å². The SMILES string of the molecule is [2H]C(C)(C)CC1(n2nc(-c3ccc(Br)c(F)c3)c(C#N)c2N)N(C(=O)O)CCC1(F)F. The maximum Gasteiger partial charge on any atom is 0.409 e. The number of anilines is 1. The number of carbonyl (C=O) groups is 1. The fourth-order valence-corrected chi connectivity index (χ4v) is 4.07. The zero-order valence-corrected chi connectivity index (χ0v) is 17.7. The molecule has 0 spiro atoms. The minimum atomic E-state index is -3.64. The number of nitriles is 1. The Morgan fingerprint density at radius 2 is 2.20 bits per heavy atom. The molecule has 0 saturated carbocycles. The quantitative estimate of drug-likeness (QED) is 0.654. The number of halogens is 4. The molecule has 1 amide bonds. The van der Waals surface area contributed by atoms with Crippen molar-refractivity contribution in [2.45, 2.75) is 38.3 Å². The largest absolute Gasteiger partial charge is 0.465 e. The molecule has 160 valence electrons. The Balaban J connectivity index is 2.35. The highest BCUT2D eigenvalue weighted by Crippen LogP contribution is 2.51. The molecule has 30 heavy (non-hydrogen) atoms. The van der Waals surface area contributed by atoms with E-state index in [4.69, 9.17) is 7.10 Å². The van der Waals surface area contributed by atoms with Gasteiger partial charge in [-0.05, 0) is 40.4 Å². The first-order chi connectivity index (χ1) is 14.2. The molecule has 0 radical (unpaired) electrons. The first kappa shape index (κ1) is 20.5. The van der Waals surface area contributed by atoms with Gasteiger partial charge < -0.3 is 10.8 Å². The summed E-state index contributed by atoms with van der Waals surface area (Å²) < 4.78 is 53.8. The van der Waals surface area contributed by atoms with E-state index < -0.39 is 54.6 Å². The molecule has 1 saturated heterocycles. The third kappa shape index (κ3) is 3.19. The fraction of sp³-hybridized carbons (Fsp3) is 0.421. The van der Waals surface area contributed by atoms with E-state index in [1.54, 1.807) is 6.07 Å². The number of benzene rings is 1. The lowest BCUT2D eigenvalue weighted by Gasteiger charge is -2.42. The minimum absolute atomic E-state index is 0.103. The van der Waals surface area contributed by atoms with Gasteiger partial charge in [0.15, 0.2) is 0 Å². The summed E-state index contributed by atoms with van der Waals surface area (Å²) in [5.74, 6) is -6.30. The lowest BCUT2D eigenvalue weighted by molar-refractivity contribution is -0.147. The molecule has 7 nitrogen and oxygen atoms in total. The zero-order chi connectivity index (χ0) is 23.4. The second kappa shape index (κ2) is 7.50. The Morgan fingerprint density at radius 3 is 2.73 bits per heavy atom. The third-order valence-corrected chi connectivity index (χ3v) is 5.73. The molecule has 1 aromatic heterocycles. The highest BCUT2D eigenvalue weighted by molar-refractivity contribution is 9.10. The Hall–Kier alpha value is -2.74. The van der Waals surface area contributed by atoms with Crippen molar-refractivity contribution in [1.82, 2.24) is 14.7 Å². The predicted octanol–water partition coefficient (Wildman–Crippen LogP) is 4.62. The summed E-state index contributed by atoms with van der Waals surface area (Å²) in [6, 6.07) is 5.63. The number of amides is 1. The van der Waals surface area contributed by atoms with Gasteiger partial charge in [0.1, 0.15) is 29.0 Å². The van der Waals surface area contributed by atoms with Gasteiger partial charge in [-0.1, -0.05) is 19.9 Å². The smallest absolute Gasteiger partial charge is 0.409 e. The Bertz CT molecular complexity index is 1100. The summed E-state index contributed by atoms with van der Waals surface area (Å²) >= 11 is 3.01. The van der Waals surface area contributed by atoms with Crippen molar-refractivity contribution >= 4 is 27.8 Å². The zero-order valence-electron chi connectivity index (χ0n) is 17.1. The van der Waals surface area contributed by atoms with Crippen LogP contribution in [0.2, 0.25) is 0 Å². The van der Waals surface area contributed by atoms with Crippen LogP contribution in [0.3, 0.4) is 0 Å². The third-order valence-electron chi connectivity index (χ3n) is 5.09. The van der Waals surface area contributed by atoms with Crippen molar-refractivity contribution in [3.05, 3.63) is 34.1 Å². The number of alkyl halides is 2. The van der Waals surface area contributed by atoms with Crippen LogP contribution < -0.4 is 5.73 Å². The van der Waals surface area contributed by atoms with Gasteiger partial charge in [-0.2, -0.15) is 10.4 Å². The maximum atomic E-state index is 15.4. The maximum absolute atomic E-state index is 15.4. The van der Waals surface area contributed by atoms with Crippen LogP contribution in [-0.4, -0.2) is 38.3 Å². The topological polar surface area (TPSA) is 108 Å². The van der Waals surface area contributed by atoms with E-state index in [1.165, 1.54) is 26.0 Å². The van der Waals surface area contributed by atoms with Crippen LogP contribution in [0.4, 0.5) is 23.8 Å². The van der Waals surface area contributed by atoms with Crippen molar-refractivity contribution in [1.29, 1.82) is 5.26 Å². The number of nitrogen functional groups attached to an aromatic ring is 1. The van der Waals surface area contributed by atoms with E-state index >= 15 is 8.78 Å². The van der Waals surface area contributed by atoms with E-state index in [9.17, 15) is 19.6 Å². The molecule has 2 aromatic rings. The summed E-state index contributed by atoms with van der Waals surface area (Å²) in [7, 11) is 0. The van der Waals surface area contributed by atoms with E-state index in [-0.39, 0.29) is 21.3 Å². The number of nitrogens with zero attached hydrogens (tertiary/aromatic N) is 4. The summed E-state index contributed by atoms with van der Waals surface area (Å²) in [6.45, 7) is 2.21. The van der Waals surface area contributed by atoms with Crippen LogP contribution in [-0.2, 0) is 5.66 Å². The summed E-state index contributed by atoms with van der Waals surface area (Å²) in [5.41, 5.74) is 3.06. The number of aromatic nitrogens is 2. The Morgan fingerprint density at radius 1 is 1.53 bits per heavy atom. The molecule has 1 aromatic carbocycles. The van der Waals surface area contributed by atoms with Crippen LogP contribution in [0.15, 0.2) is 22.7 Å². The summed E-state index contributed by atoms with van der Waals surface area (Å²) in [6.07, 6.45) is -3.09. The molecule has 1 atom stereocenters. The molecule has 2 heterocycles. The van der Waals surface area contributed by atoms with Crippen LogP contribution >= 0.6 is 15.9 Å². The van der Waals surface area contributed by atoms with Gasteiger partial charge in [-0.25, -0.2) is 22.6 Å². The van der Waals surface area contributed by atoms with E-state index in [0.29, 0.717) is 9.58 Å². The molecule has 11 heteroatoms. The highest BCUT2D eigenvalue weighted by Gasteiger charge is 2.66. The average Bonchev–Trinajstić information content (AvgIpc) is 3.10. The van der Waals surface area contributed by atoms with Crippen molar-refractivity contribution in [3.63, 3.8) is 0 Å². The molecule has 1 aliphatic heterocycles. The van der Waals surface area contributed by atoms with Gasteiger partial charge in [0.05, 0.1) is 4.47 Å². The molecule has 0 aliphatic carbocycles. The standard InChI is InChI=1S/C19H19BrF3N5O2/c1-10(2)8-19(18(22,23)5-6-27(19)17(29)30)28-16(25)12(9-24)15(26-28)11-3-4-13(20)14(21)7-11/h3-4,7,10H,5-6,8,25H2,1-2H3,(H,29,30)/i10D. The van der Waals surface area contributed by atoms with E-state index in [0.717, 1.165) is 6.07 Å². The first-order valence-corrected chi connectivity index (χ1v) is 9.67. The lowest BCUT2D eigenvalue weighted by Crippen LogP contribution is -2.58. The van der Waals surface area contributed by atoms with Gasteiger partial charge in [0.25, 0.3) is 5.92 Å². The summed E-state index contributed by atoms with van der Waals surface area (Å²) in [4.78, 5) is 12.4. The van der Waals surface area contributed by atoms with E-state index in [2.05, 4.69) is 21.0 Å². The number of hydrogen-bond donors (Lipinski definition) is 2. The number of hydrogen-bond acceptors (Lipinski definition) is 4. The summed E-state index contributed by atoms with van der Waals surface area (Å²) in [5, 5.41) is 23.4. The van der Waals surface area contributed by atoms with Gasteiger partial charge in [-0.3, -0.25) is 4.90 Å². The molecule has 1 aliphatic rings. The highest BCUT2D eigenvalue weighted by atomic mass is 79.9.